The summed E-state index contributed by atoms with van der Waals surface area (Å²) in [4.78, 5) is 12.6. The third-order valence-corrected chi connectivity index (χ3v) is 4.04. The van der Waals surface area contributed by atoms with E-state index in [0.717, 1.165) is 19.1 Å². The van der Waals surface area contributed by atoms with E-state index in [-0.39, 0.29) is 39.1 Å². The van der Waals surface area contributed by atoms with Gasteiger partial charge in [-0.2, -0.15) is 23.0 Å². The molecule has 0 aliphatic rings. The van der Waals surface area contributed by atoms with E-state index in [4.69, 9.17) is 0 Å². The average molecular weight is 482 g/mol. The van der Waals surface area contributed by atoms with Crippen LogP contribution >= 0.6 is 0 Å². The van der Waals surface area contributed by atoms with Crippen molar-refractivity contribution < 1.29 is 57.7 Å². The molecule has 0 atom stereocenters. The Bertz CT molecular complexity index is 1100. The number of aromatic hydroxyl groups is 1. The van der Waals surface area contributed by atoms with Crippen LogP contribution in [0, 0.1) is 30.2 Å². The minimum absolute atomic E-state index is 0. The van der Waals surface area contributed by atoms with Crippen molar-refractivity contribution in [2.45, 2.75) is 13.1 Å². The molecule has 0 saturated carbocycles. The first-order valence-electron chi connectivity index (χ1n) is 7.77. The van der Waals surface area contributed by atoms with Gasteiger partial charge in [-0.05, 0) is 19.1 Å². The van der Waals surface area contributed by atoms with Crippen LogP contribution in [0.5, 0.6) is 5.88 Å². The summed E-state index contributed by atoms with van der Waals surface area (Å²) >= 11 is 0. The number of benzene rings is 2. The van der Waals surface area contributed by atoms with Gasteiger partial charge < -0.3 is 5.11 Å². The molecule has 0 bridgehead atoms. The van der Waals surface area contributed by atoms with Crippen LogP contribution in [0.1, 0.15) is 27.2 Å². The predicted molar refractivity (Wildman–Crippen MR) is 84.7 cm³/mol. The molecule has 12 heteroatoms. The zero-order chi connectivity index (χ0) is 21.7. The van der Waals surface area contributed by atoms with E-state index in [2.05, 4.69) is 5.10 Å². The summed E-state index contributed by atoms with van der Waals surface area (Å²) in [6.45, 7) is 1.15. The van der Waals surface area contributed by atoms with Gasteiger partial charge in [0.25, 0.3) is 0 Å². The van der Waals surface area contributed by atoms with Crippen molar-refractivity contribution in [2.75, 3.05) is 0 Å². The van der Waals surface area contributed by atoms with Gasteiger partial charge in [0.2, 0.25) is 5.88 Å². The summed E-state index contributed by atoms with van der Waals surface area (Å²) in [6, 6.07) is 2.89. The molecule has 1 aromatic heterocycles. The van der Waals surface area contributed by atoms with Crippen LogP contribution < -0.4 is 0 Å². The monoisotopic (exact) mass is 481 g/mol. The quantitative estimate of drug-likeness (QED) is 0.256. The van der Waals surface area contributed by atoms with Crippen molar-refractivity contribution >= 4 is 5.78 Å². The normalized spacial score (nSPS) is 11.3. The Labute approximate surface area is 174 Å². The number of hydrogen-bond donors (Lipinski definition) is 1. The molecule has 2 aromatic carbocycles. The smallest absolute Gasteiger partial charge is 0.416 e. The van der Waals surface area contributed by atoms with Gasteiger partial charge in [0, 0.05) is 28.7 Å². The predicted octanol–water partition coefficient (Wildman–Crippen LogP) is 4.69. The molecular weight excluding hydrogens is 473 g/mol. The Morgan fingerprint density at radius 2 is 1.50 bits per heavy atom. The van der Waals surface area contributed by atoms with Crippen LogP contribution in [0.2, 0.25) is 0 Å². The van der Waals surface area contributed by atoms with Gasteiger partial charge in [0.1, 0.15) is 11.3 Å². The van der Waals surface area contributed by atoms with Crippen molar-refractivity contribution in [3.63, 3.8) is 0 Å². The average Bonchev–Trinajstić information content (AvgIpc) is 2.93. The molecule has 0 unspecified atom stereocenters. The largest absolute Gasteiger partial charge is 0.493 e. The number of alkyl halides is 3. The molecule has 3 rings (SSSR count). The van der Waals surface area contributed by atoms with Crippen LogP contribution in [0.4, 0.5) is 30.7 Å². The molecule has 0 spiro atoms. The number of ketones is 1. The second kappa shape index (κ2) is 8.11. The molecule has 0 amide bonds. The zero-order valence-corrected chi connectivity index (χ0v) is 15.5. The van der Waals surface area contributed by atoms with E-state index in [1.165, 1.54) is 0 Å². The molecule has 4 nitrogen and oxygen atoms in total. The molecule has 163 valence electrons. The van der Waals surface area contributed by atoms with Gasteiger partial charge >= 0.3 is 6.18 Å². The fourth-order valence-electron chi connectivity index (χ4n) is 2.64. The Morgan fingerprint density at radius 3 is 1.97 bits per heavy atom. The number of hydrogen-bond acceptors (Lipinski definition) is 3. The first-order valence-corrected chi connectivity index (χ1v) is 7.77. The number of aromatic nitrogens is 2. The standard InChI is InChI=1S/C18H9F7N2O2.Cu/c1-7-12(16(28)8-2-4-9(5-3-8)18(23,24)25)17(29)27(26-7)15-13(21)10(19)6-11(20)14(15)22;/h2-6,29H,1H3;. The number of rotatable bonds is 3. The molecule has 1 N–H and O–H groups in total. The van der Waals surface area contributed by atoms with Gasteiger partial charge in [-0.3, -0.25) is 4.79 Å². The van der Waals surface area contributed by atoms with Gasteiger partial charge in [-0.25, -0.2) is 17.6 Å². The molecule has 0 saturated heterocycles. The first-order chi connectivity index (χ1) is 13.4. The minimum Gasteiger partial charge on any atom is -0.493 e. The van der Waals surface area contributed by atoms with Crippen molar-refractivity contribution in [3.05, 3.63) is 76.0 Å². The Kier molecular flexibility index (Phi) is 6.34. The number of aryl methyl sites for hydroxylation is 1. The van der Waals surface area contributed by atoms with Gasteiger partial charge in [0.05, 0.1) is 11.3 Å². The Balaban J connectivity index is 0.00000320. The zero-order valence-electron chi connectivity index (χ0n) is 14.6. The van der Waals surface area contributed by atoms with Gasteiger partial charge in [0.15, 0.2) is 29.1 Å². The molecule has 30 heavy (non-hydrogen) atoms. The van der Waals surface area contributed by atoms with Crippen LogP contribution in [-0.2, 0) is 23.2 Å². The molecule has 0 fully saturated rings. The van der Waals surface area contributed by atoms with Gasteiger partial charge in [-0.15, -0.1) is 0 Å². The number of nitrogens with zero attached hydrogens (tertiary/aromatic N) is 2. The minimum atomic E-state index is -4.64. The van der Waals surface area contributed by atoms with E-state index in [1.807, 2.05) is 0 Å². The number of carbonyl (C=O) groups is 1. The van der Waals surface area contributed by atoms with E-state index in [1.54, 1.807) is 0 Å². The van der Waals surface area contributed by atoms with Crippen molar-refractivity contribution in [1.82, 2.24) is 9.78 Å². The third kappa shape index (κ3) is 3.92. The van der Waals surface area contributed by atoms with Crippen molar-refractivity contribution in [1.29, 1.82) is 0 Å². The maximum atomic E-state index is 14.0. The van der Waals surface area contributed by atoms with E-state index in [9.17, 15) is 40.6 Å². The van der Waals surface area contributed by atoms with Crippen molar-refractivity contribution in [2.24, 2.45) is 0 Å². The first kappa shape index (κ1) is 23.4. The third-order valence-electron chi connectivity index (χ3n) is 4.04. The maximum absolute atomic E-state index is 14.0. The van der Waals surface area contributed by atoms with Crippen LogP contribution in [-0.4, -0.2) is 20.7 Å². The summed E-state index contributed by atoms with van der Waals surface area (Å²) in [7, 11) is 0. The Morgan fingerprint density at radius 1 is 1.00 bits per heavy atom. The summed E-state index contributed by atoms with van der Waals surface area (Å²) in [5.74, 6) is -9.41. The molecule has 1 heterocycles. The fourth-order valence-corrected chi connectivity index (χ4v) is 2.64. The Hall–Kier alpha value is -2.85. The second-order valence-corrected chi connectivity index (χ2v) is 5.92. The fraction of sp³-hybridized carbons (Fsp3) is 0.111. The van der Waals surface area contributed by atoms with E-state index in [0.29, 0.717) is 12.1 Å². The SMILES string of the molecule is Cc1nn(-c2c(F)c(F)cc(F)c2F)c(O)c1C(=O)c1ccc(C(F)(F)F)cc1.[Cu]. The summed E-state index contributed by atoms with van der Waals surface area (Å²) in [6.07, 6.45) is -4.64. The molecule has 0 aliphatic heterocycles. The van der Waals surface area contributed by atoms with Crippen LogP contribution in [0.25, 0.3) is 5.69 Å². The summed E-state index contributed by atoms with van der Waals surface area (Å²) in [5.41, 5.74) is -3.59. The maximum Gasteiger partial charge on any atom is 0.416 e. The molecule has 1 radical (unpaired) electrons. The van der Waals surface area contributed by atoms with Crippen LogP contribution in [0.15, 0.2) is 30.3 Å². The molecule has 0 aliphatic carbocycles. The van der Waals surface area contributed by atoms with E-state index < -0.39 is 57.9 Å². The number of halogens is 7. The second-order valence-electron chi connectivity index (χ2n) is 5.92. The molecular formula is C18H9CuF7N2O2. The van der Waals surface area contributed by atoms with Crippen LogP contribution in [0.3, 0.4) is 0 Å². The number of carbonyl (C=O) groups excluding carboxylic acids is 1. The summed E-state index contributed by atoms with van der Waals surface area (Å²) < 4.78 is 92.8. The van der Waals surface area contributed by atoms with Crippen molar-refractivity contribution in [3.8, 4) is 11.6 Å². The van der Waals surface area contributed by atoms with E-state index >= 15 is 0 Å². The molecule has 3 aromatic rings. The topological polar surface area (TPSA) is 55.1 Å². The summed E-state index contributed by atoms with van der Waals surface area (Å²) in [5, 5.41) is 13.8. The van der Waals surface area contributed by atoms with Gasteiger partial charge in [-0.1, -0.05) is 12.1 Å².